The minimum absolute atomic E-state index is 0.175. The second-order valence-corrected chi connectivity index (χ2v) is 7.80. The zero-order valence-electron chi connectivity index (χ0n) is 17.4. The van der Waals surface area contributed by atoms with E-state index >= 15 is 0 Å². The van der Waals surface area contributed by atoms with Gasteiger partial charge in [-0.1, -0.05) is 20.8 Å². The van der Waals surface area contributed by atoms with Crippen LogP contribution in [0.5, 0.6) is 11.5 Å². The van der Waals surface area contributed by atoms with E-state index in [0.717, 1.165) is 17.8 Å². The maximum Gasteiger partial charge on any atom is 0.573 e. The second-order valence-electron chi connectivity index (χ2n) is 7.80. The molecule has 1 aromatic heterocycles. The number of nitrogens with zero attached hydrogens (tertiary/aromatic N) is 2. The van der Waals surface area contributed by atoms with Crippen molar-refractivity contribution in [2.75, 3.05) is 12.4 Å². The van der Waals surface area contributed by atoms with Gasteiger partial charge in [-0.25, -0.2) is 4.68 Å². The normalized spacial score (nSPS) is 11.8. The van der Waals surface area contributed by atoms with Gasteiger partial charge in [-0.15, -0.1) is 13.2 Å². The van der Waals surface area contributed by atoms with Crippen LogP contribution >= 0.6 is 0 Å². The molecule has 3 rings (SSSR count). The maximum atomic E-state index is 12.7. The summed E-state index contributed by atoms with van der Waals surface area (Å²) >= 11 is 0. The fraction of sp³-hybridized carbons (Fsp3) is 0.273. The number of alkyl halides is 3. The van der Waals surface area contributed by atoms with Crippen molar-refractivity contribution >= 4 is 11.7 Å². The number of carbonyl (C=O) groups is 1. The summed E-state index contributed by atoms with van der Waals surface area (Å²) in [5, 5.41) is 7.41. The number of anilines is 1. The number of carbonyl (C=O) groups excluding carboxylic acids is 1. The molecule has 164 valence electrons. The van der Waals surface area contributed by atoms with Crippen molar-refractivity contribution in [3.8, 4) is 17.2 Å². The summed E-state index contributed by atoms with van der Waals surface area (Å²) in [7, 11) is 1.57. The molecule has 0 fully saturated rings. The lowest BCUT2D eigenvalue weighted by molar-refractivity contribution is -0.274. The monoisotopic (exact) mass is 433 g/mol. The third-order valence-corrected chi connectivity index (χ3v) is 4.39. The van der Waals surface area contributed by atoms with Crippen LogP contribution in [0.2, 0.25) is 0 Å². The van der Waals surface area contributed by atoms with Crippen molar-refractivity contribution in [1.82, 2.24) is 9.78 Å². The highest BCUT2D eigenvalue weighted by molar-refractivity contribution is 6.04. The Balaban J connectivity index is 1.89. The highest BCUT2D eigenvalue weighted by Crippen LogP contribution is 2.28. The lowest BCUT2D eigenvalue weighted by Crippen LogP contribution is -2.18. The number of hydrogen-bond donors (Lipinski definition) is 1. The van der Waals surface area contributed by atoms with E-state index in [4.69, 9.17) is 4.74 Å². The SMILES string of the molecule is COc1ccc(-n2nc(C(C)(C)C)cc2NC(=O)c2ccc(OC(F)(F)F)cc2)cc1. The number of ether oxygens (including phenoxy) is 2. The Morgan fingerprint density at radius 1 is 0.968 bits per heavy atom. The Bertz CT molecular complexity index is 1050. The lowest BCUT2D eigenvalue weighted by Gasteiger charge is -2.14. The van der Waals surface area contributed by atoms with Crippen LogP contribution in [0.25, 0.3) is 5.69 Å². The Kier molecular flexibility index (Phi) is 5.97. The smallest absolute Gasteiger partial charge is 0.497 e. The second kappa shape index (κ2) is 8.33. The summed E-state index contributed by atoms with van der Waals surface area (Å²) in [5.41, 5.74) is 1.37. The van der Waals surface area contributed by atoms with E-state index < -0.39 is 18.0 Å². The zero-order valence-corrected chi connectivity index (χ0v) is 17.4. The molecule has 0 saturated carbocycles. The van der Waals surface area contributed by atoms with E-state index in [0.29, 0.717) is 17.3 Å². The van der Waals surface area contributed by atoms with E-state index in [1.807, 2.05) is 20.8 Å². The Morgan fingerprint density at radius 2 is 1.55 bits per heavy atom. The highest BCUT2D eigenvalue weighted by atomic mass is 19.4. The largest absolute Gasteiger partial charge is 0.573 e. The molecular weight excluding hydrogens is 411 g/mol. The van der Waals surface area contributed by atoms with Gasteiger partial charge in [0.05, 0.1) is 18.5 Å². The van der Waals surface area contributed by atoms with E-state index in [1.165, 1.54) is 12.1 Å². The van der Waals surface area contributed by atoms with Crippen LogP contribution < -0.4 is 14.8 Å². The van der Waals surface area contributed by atoms with Crippen LogP contribution in [-0.4, -0.2) is 29.2 Å². The molecule has 0 bridgehead atoms. The van der Waals surface area contributed by atoms with Crippen molar-refractivity contribution < 1.29 is 27.4 Å². The molecule has 0 aliphatic carbocycles. The molecule has 0 aliphatic heterocycles. The zero-order chi connectivity index (χ0) is 22.8. The summed E-state index contributed by atoms with van der Waals surface area (Å²) in [4.78, 5) is 12.7. The van der Waals surface area contributed by atoms with Crippen LogP contribution in [0.4, 0.5) is 19.0 Å². The van der Waals surface area contributed by atoms with Crippen molar-refractivity contribution in [2.45, 2.75) is 32.5 Å². The van der Waals surface area contributed by atoms with Crippen molar-refractivity contribution in [1.29, 1.82) is 0 Å². The molecular formula is C22H22F3N3O3. The summed E-state index contributed by atoms with van der Waals surface area (Å²) in [6, 6.07) is 13.6. The van der Waals surface area contributed by atoms with Crippen LogP contribution in [0.3, 0.4) is 0 Å². The van der Waals surface area contributed by atoms with Gasteiger partial charge in [0.15, 0.2) is 0 Å². The molecule has 0 saturated heterocycles. The molecule has 0 aliphatic rings. The molecule has 31 heavy (non-hydrogen) atoms. The molecule has 2 aromatic carbocycles. The third-order valence-electron chi connectivity index (χ3n) is 4.39. The minimum Gasteiger partial charge on any atom is -0.497 e. The van der Waals surface area contributed by atoms with Gasteiger partial charge < -0.3 is 14.8 Å². The molecule has 0 spiro atoms. The molecule has 1 heterocycles. The number of aromatic nitrogens is 2. The number of halogens is 3. The van der Waals surface area contributed by atoms with Crippen molar-refractivity contribution in [2.24, 2.45) is 0 Å². The first-order valence-electron chi connectivity index (χ1n) is 9.38. The topological polar surface area (TPSA) is 65.4 Å². The van der Waals surface area contributed by atoms with Gasteiger partial charge in [0, 0.05) is 17.0 Å². The van der Waals surface area contributed by atoms with E-state index in [-0.39, 0.29) is 11.0 Å². The van der Waals surface area contributed by atoms with Gasteiger partial charge in [0.25, 0.3) is 5.91 Å². The van der Waals surface area contributed by atoms with Crippen molar-refractivity contribution in [3.63, 3.8) is 0 Å². The van der Waals surface area contributed by atoms with Crippen LogP contribution in [-0.2, 0) is 5.41 Å². The van der Waals surface area contributed by atoms with Crippen molar-refractivity contribution in [3.05, 3.63) is 65.9 Å². The molecule has 3 aromatic rings. The summed E-state index contributed by atoms with van der Waals surface area (Å²) < 4.78 is 47.6. The van der Waals surface area contributed by atoms with E-state index in [1.54, 1.807) is 42.1 Å². The fourth-order valence-electron chi connectivity index (χ4n) is 2.75. The lowest BCUT2D eigenvalue weighted by atomic mass is 9.92. The van der Waals surface area contributed by atoms with Crippen LogP contribution in [0.1, 0.15) is 36.8 Å². The van der Waals surface area contributed by atoms with Gasteiger partial charge >= 0.3 is 6.36 Å². The maximum absolute atomic E-state index is 12.7. The number of benzene rings is 2. The standard InChI is InChI=1S/C22H22F3N3O3/c1-21(2,3)18-13-19(28(27-18)15-7-11-16(30-4)12-8-15)26-20(29)14-5-9-17(10-6-14)31-22(23,24)25/h5-13H,1-4H3,(H,26,29). The molecule has 6 nitrogen and oxygen atoms in total. The molecule has 0 atom stereocenters. The third kappa shape index (κ3) is 5.56. The Labute approximate surface area is 177 Å². The number of hydrogen-bond acceptors (Lipinski definition) is 4. The van der Waals surface area contributed by atoms with E-state index in [9.17, 15) is 18.0 Å². The molecule has 0 radical (unpaired) electrons. The molecule has 9 heteroatoms. The summed E-state index contributed by atoms with van der Waals surface area (Å²) in [6.07, 6.45) is -4.79. The number of rotatable bonds is 5. The van der Waals surface area contributed by atoms with Crippen LogP contribution in [0, 0.1) is 0 Å². The molecule has 1 N–H and O–H groups in total. The summed E-state index contributed by atoms with van der Waals surface area (Å²) in [5.74, 6) is 0.213. The Hall–Kier alpha value is -3.49. The average Bonchev–Trinajstić information content (AvgIpc) is 3.11. The number of amides is 1. The Morgan fingerprint density at radius 3 is 2.06 bits per heavy atom. The van der Waals surface area contributed by atoms with Gasteiger partial charge in [-0.3, -0.25) is 4.79 Å². The van der Waals surface area contributed by atoms with Gasteiger partial charge in [-0.2, -0.15) is 5.10 Å². The van der Waals surface area contributed by atoms with Gasteiger partial charge in [0.1, 0.15) is 17.3 Å². The predicted molar refractivity (Wildman–Crippen MR) is 110 cm³/mol. The van der Waals surface area contributed by atoms with Crippen LogP contribution in [0.15, 0.2) is 54.6 Å². The predicted octanol–water partition coefficient (Wildman–Crippen LogP) is 5.33. The number of methoxy groups -OCH3 is 1. The summed E-state index contributed by atoms with van der Waals surface area (Å²) in [6.45, 7) is 6.00. The quantitative estimate of drug-likeness (QED) is 0.591. The van der Waals surface area contributed by atoms with Gasteiger partial charge in [-0.05, 0) is 48.5 Å². The first kappa shape index (κ1) is 22.2. The first-order valence-corrected chi connectivity index (χ1v) is 9.38. The minimum atomic E-state index is -4.79. The molecule has 1 amide bonds. The average molecular weight is 433 g/mol. The number of nitrogens with one attached hydrogen (secondary N) is 1. The first-order chi connectivity index (χ1) is 14.5. The fourth-order valence-corrected chi connectivity index (χ4v) is 2.75. The molecule has 0 unspecified atom stereocenters. The van der Waals surface area contributed by atoms with E-state index in [2.05, 4.69) is 15.2 Å². The van der Waals surface area contributed by atoms with Gasteiger partial charge in [0.2, 0.25) is 0 Å². The highest BCUT2D eigenvalue weighted by Gasteiger charge is 2.31.